The van der Waals surface area contributed by atoms with Crippen LogP contribution in [0.5, 0.6) is 5.75 Å². The topological polar surface area (TPSA) is 34.1 Å². The predicted octanol–water partition coefficient (Wildman–Crippen LogP) is 3.36. The van der Waals surface area contributed by atoms with E-state index < -0.39 is 0 Å². The molecule has 0 unspecified atom stereocenters. The number of nitrogens with zero attached hydrogens (tertiary/aromatic N) is 1. The first-order chi connectivity index (χ1) is 8.29. The van der Waals surface area contributed by atoms with E-state index in [4.69, 9.17) is 16.3 Å². The van der Waals surface area contributed by atoms with Gasteiger partial charge in [0.1, 0.15) is 5.75 Å². The zero-order valence-corrected chi connectivity index (χ0v) is 10.2. The number of rotatable bonds is 4. The first kappa shape index (κ1) is 11.7. The summed E-state index contributed by atoms with van der Waals surface area (Å²) in [5, 5.41) is 3.94. The molecule has 0 spiro atoms. The second kappa shape index (κ2) is 5.55. The average molecular weight is 249 g/mol. The SMILES string of the molecule is COc1cc(Cl)ccc1NCc1cccnc1. The maximum atomic E-state index is 5.89. The van der Waals surface area contributed by atoms with Gasteiger partial charge in [-0.3, -0.25) is 4.98 Å². The summed E-state index contributed by atoms with van der Waals surface area (Å²) in [6.07, 6.45) is 3.59. The van der Waals surface area contributed by atoms with Gasteiger partial charge in [0, 0.05) is 30.0 Å². The molecule has 0 amide bonds. The van der Waals surface area contributed by atoms with E-state index in [1.54, 1.807) is 19.4 Å². The number of anilines is 1. The molecule has 0 fully saturated rings. The van der Waals surface area contributed by atoms with Crippen LogP contribution in [0.3, 0.4) is 0 Å². The van der Waals surface area contributed by atoms with Gasteiger partial charge in [0.25, 0.3) is 0 Å². The first-order valence-corrected chi connectivity index (χ1v) is 5.63. The van der Waals surface area contributed by atoms with Gasteiger partial charge in [0.15, 0.2) is 0 Å². The van der Waals surface area contributed by atoms with E-state index in [0.29, 0.717) is 11.6 Å². The van der Waals surface area contributed by atoms with Crippen molar-refractivity contribution in [1.82, 2.24) is 4.98 Å². The summed E-state index contributed by atoms with van der Waals surface area (Å²) in [6.45, 7) is 0.700. The van der Waals surface area contributed by atoms with Gasteiger partial charge in [-0.05, 0) is 23.8 Å². The van der Waals surface area contributed by atoms with Gasteiger partial charge < -0.3 is 10.1 Å². The Hall–Kier alpha value is -1.74. The van der Waals surface area contributed by atoms with Crippen molar-refractivity contribution in [1.29, 1.82) is 0 Å². The average Bonchev–Trinajstić information content (AvgIpc) is 2.38. The summed E-state index contributed by atoms with van der Waals surface area (Å²) in [5.74, 6) is 0.737. The highest BCUT2D eigenvalue weighted by Gasteiger charge is 2.03. The molecule has 0 saturated carbocycles. The largest absolute Gasteiger partial charge is 0.495 e. The van der Waals surface area contributed by atoms with Crippen LogP contribution < -0.4 is 10.1 Å². The second-order valence-corrected chi connectivity index (χ2v) is 4.00. The van der Waals surface area contributed by atoms with Gasteiger partial charge >= 0.3 is 0 Å². The molecule has 88 valence electrons. The Morgan fingerprint density at radius 3 is 2.94 bits per heavy atom. The minimum Gasteiger partial charge on any atom is -0.495 e. The molecular weight excluding hydrogens is 236 g/mol. The maximum Gasteiger partial charge on any atom is 0.143 e. The molecule has 0 aliphatic carbocycles. The number of nitrogens with one attached hydrogen (secondary N) is 1. The number of benzene rings is 1. The summed E-state index contributed by atoms with van der Waals surface area (Å²) in [6, 6.07) is 9.44. The molecule has 17 heavy (non-hydrogen) atoms. The second-order valence-electron chi connectivity index (χ2n) is 3.56. The highest BCUT2D eigenvalue weighted by Crippen LogP contribution is 2.27. The van der Waals surface area contributed by atoms with Crippen molar-refractivity contribution in [2.45, 2.75) is 6.54 Å². The van der Waals surface area contributed by atoms with Crippen molar-refractivity contribution in [3.63, 3.8) is 0 Å². The summed E-state index contributed by atoms with van der Waals surface area (Å²) >= 11 is 5.89. The van der Waals surface area contributed by atoms with Crippen molar-refractivity contribution >= 4 is 17.3 Å². The molecule has 2 rings (SSSR count). The molecule has 1 aromatic heterocycles. The van der Waals surface area contributed by atoms with Crippen LogP contribution in [-0.2, 0) is 6.54 Å². The Labute approximate surface area is 105 Å². The van der Waals surface area contributed by atoms with E-state index in [-0.39, 0.29) is 0 Å². The molecule has 0 bridgehead atoms. The Kier molecular flexibility index (Phi) is 3.83. The number of hydrogen-bond acceptors (Lipinski definition) is 3. The number of pyridine rings is 1. The Balaban J connectivity index is 2.09. The number of halogens is 1. The fourth-order valence-electron chi connectivity index (χ4n) is 1.51. The van der Waals surface area contributed by atoms with Gasteiger partial charge in [-0.15, -0.1) is 0 Å². The van der Waals surface area contributed by atoms with Crippen molar-refractivity contribution in [2.75, 3.05) is 12.4 Å². The summed E-state index contributed by atoms with van der Waals surface area (Å²) in [7, 11) is 1.63. The lowest BCUT2D eigenvalue weighted by Gasteiger charge is -2.11. The van der Waals surface area contributed by atoms with Gasteiger partial charge in [0.2, 0.25) is 0 Å². The molecule has 0 aliphatic heterocycles. The zero-order valence-electron chi connectivity index (χ0n) is 9.48. The molecular formula is C13H13ClN2O. The van der Waals surface area contributed by atoms with Crippen LogP contribution in [0, 0.1) is 0 Å². The Morgan fingerprint density at radius 2 is 2.24 bits per heavy atom. The first-order valence-electron chi connectivity index (χ1n) is 5.26. The van der Waals surface area contributed by atoms with Gasteiger partial charge in [-0.25, -0.2) is 0 Å². The smallest absolute Gasteiger partial charge is 0.143 e. The van der Waals surface area contributed by atoms with E-state index in [2.05, 4.69) is 10.3 Å². The van der Waals surface area contributed by atoms with Gasteiger partial charge in [-0.1, -0.05) is 17.7 Å². The normalized spacial score (nSPS) is 10.0. The van der Waals surface area contributed by atoms with Crippen molar-refractivity contribution in [3.05, 3.63) is 53.3 Å². The van der Waals surface area contributed by atoms with Crippen LogP contribution >= 0.6 is 11.6 Å². The summed E-state index contributed by atoms with van der Waals surface area (Å²) in [4.78, 5) is 4.06. The fraction of sp³-hybridized carbons (Fsp3) is 0.154. The molecule has 0 radical (unpaired) electrons. The highest BCUT2D eigenvalue weighted by molar-refractivity contribution is 6.30. The third-order valence-electron chi connectivity index (χ3n) is 2.37. The Bertz CT molecular complexity index is 488. The lowest BCUT2D eigenvalue weighted by molar-refractivity contribution is 0.416. The molecule has 1 N–H and O–H groups in total. The monoisotopic (exact) mass is 248 g/mol. The number of aromatic nitrogens is 1. The van der Waals surface area contributed by atoms with Gasteiger partial charge in [-0.2, -0.15) is 0 Å². The molecule has 2 aromatic rings. The standard InChI is InChI=1S/C13H13ClN2O/c1-17-13-7-11(14)4-5-12(13)16-9-10-3-2-6-15-8-10/h2-8,16H,9H2,1H3. The van der Waals surface area contributed by atoms with Crippen molar-refractivity contribution < 1.29 is 4.74 Å². The Morgan fingerprint density at radius 1 is 1.35 bits per heavy atom. The summed E-state index contributed by atoms with van der Waals surface area (Å²) < 4.78 is 5.25. The fourth-order valence-corrected chi connectivity index (χ4v) is 1.67. The van der Waals surface area contributed by atoms with E-state index in [0.717, 1.165) is 17.0 Å². The van der Waals surface area contributed by atoms with Crippen LogP contribution in [0.4, 0.5) is 5.69 Å². The van der Waals surface area contributed by atoms with Crippen LogP contribution in [0.2, 0.25) is 5.02 Å². The van der Waals surface area contributed by atoms with Gasteiger partial charge in [0.05, 0.1) is 12.8 Å². The van der Waals surface area contributed by atoms with Crippen molar-refractivity contribution in [2.24, 2.45) is 0 Å². The third kappa shape index (κ3) is 3.11. The number of methoxy groups -OCH3 is 1. The molecule has 3 nitrogen and oxygen atoms in total. The third-order valence-corrected chi connectivity index (χ3v) is 2.60. The molecule has 0 saturated heterocycles. The molecule has 0 aliphatic rings. The predicted molar refractivity (Wildman–Crippen MR) is 69.6 cm³/mol. The quantitative estimate of drug-likeness (QED) is 0.901. The van der Waals surface area contributed by atoms with E-state index >= 15 is 0 Å². The maximum absolute atomic E-state index is 5.89. The highest BCUT2D eigenvalue weighted by atomic mass is 35.5. The number of hydrogen-bond donors (Lipinski definition) is 1. The molecule has 0 atom stereocenters. The summed E-state index contributed by atoms with van der Waals surface area (Å²) in [5.41, 5.74) is 2.03. The lowest BCUT2D eigenvalue weighted by Crippen LogP contribution is -2.01. The van der Waals surface area contributed by atoms with Crippen LogP contribution in [0.15, 0.2) is 42.7 Å². The minimum absolute atomic E-state index is 0.661. The molecule has 4 heteroatoms. The van der Waals surface area contributed by atoms with E-state index in [1.165, 1.54) is 0 Å². The van der Waals surface area contributed by atoms with E-state index in [1.807, 2.05) is 30.5 Å². The van der Waals surface area contributed by atoms with Crippen LogP contribution in [0.25, 0.3) is 0 Å². The lowest BCUT2D eigenvalue weighted by atomic mass is 10.2. The molecule has 1 heterocycles. The molecule has 1 aromatic carbocycles. The minimum atomic E-state index is 0.661. The van der Waals surface area contributed by atoms with E-state index in [9.17, 15) is 0 Å². The van der Waals surface area contributed by atoms with Crippen LogP contribution in [-0.4, -0.2) is 12.1 Å². The number of ether oxygens (including phenoxy) is 1. The van der Waals surface area contributed by atoms with Crippen LogP contribution in [0.1, 0.15) is 5.56 Å². The zero-order chi connectivity index (χ0) is 12.1. The van der Waals surface area contributed by atoms with Crippen molar-refractivity contribution in [3.8, 4) is 5.75 Å².